The molecule has 0 fully saturated rings. The average molecular weight is 280 g/mol. The predicted octanol–water partition coefficient (Wildman–Crippen LogP) is 3.25. The number of benzene rings is 1. The summed E-state index contributed by atoms with van der Waals surface area (Å²) in [5.74, 6) is 0.841. The minimum absolute atomic E-state index is 0.0174. The summed E-state index contributed by atoms with van der Waals surface area (Å²) >= 11 is 3.52. The minimum atomic E-state index is -0.0174. The van der Waals surface area contributed by atoms with Crippen LogP contribution in [0.15, 0.2) is 34.9 Å². The van der Waals surface area contributed by atoms with Crippen LogP contribution in [-0.4, -0.2) is 9.97 Å². The van der Waals surface area contributed by atoms with Crippen molar-refractivity contribution in [2.45, 2.75) is 19.4 Å². The molecule has 16 heavy (non-hydrogen) atoms. The monoisotopic (exact) mass is 279 g/mol. The molecule has 2 aromatic rings. The van der Waals surface area contributed by atoms with Crippen LogP contribution in [-0.2, 0) is 0 Å². The van der Waals surface area contributed by atoms with Crippen molar-refractivity contribution in [1.82, 2.24) is 9.97 Å². The van der Waals surface area contributed by atoms with Crippen LogP contribution < -0.4 is 5.73 Å². The molecule has 0 saturated heterocycles. The Balaban J connectivity index is 2.35. The molecule has 0 spiro atoms. The molecule has 0 aliphatic rings. The van der Waals surface area contributed by atoms with Gasteiger partial charge in [0, 0.05) is 10.0 Å². The first-order valence-corrected chi connectivity index (χ1v) is 6.07. The number of aromatic amines is 1. The molecule has 0 amide bonds. The summed E-state index contributed by atoms with van der Waals surface area (Å²) in [6.07, 6.45) is 2.70. The Morgan fingerprint density at radius 3 is 2.88 bits per heavy atom. The minimum Gasteiger partial charge on any atom is -0.341 e. The first-order valence-electron chi connectivity index (χ1n) is 5.27. The molecule has 4 heteroatoms. The fourth-order valence-electron chi connectivity index (χ4n) is 1.53. The summed E-state index contributed by atoms with van der Waals surface area (Å²) in [6, 6.07) is 8.02. The summed E-state index contributed by atoms with van der Waals surface area (Å²) in [5.41, 5.74) is 8.01. The number of aromatic nitrogens is 2. The smallest absolute Gasteiger partial charge is 0.123 e. The van der Waals surface area contributed by atoms with Gasteiger partial charge in [-0.25, -0.2) is 4.98 Å². The van der Waals surface area contributed by atoms with Crippen LogP contribution in [0.5, 0.6) is 0 Å². The van der Waals surface area contributed by atoms with E-state index in [9.17, 15) is 0 Å². The summed E-state index contributed by atoms with van der Waals surface area (Å²) < 4.78 is 1.05. The number of imidazole rings is 1. The molecule has 2 rings (SSSR count). The molecule has 1 aromatic carbocycles. The largest absolute Gasteiger partial charge is 0.341 e. The molecule has 3 nitrogen and oxygen atoms in total. The van der Waals surface area contributed by atoms with Gasteiger partial charge in [0.2, 0.25) is 0 Å². The number of nitrogens with two attached hydrogens (primary N) is 1. The Labute approximate surface area is 103 Å². The van der Waals surface area contributed by atoms with E-state index in [1.165, 1.54) is 0 Å². The molecule has 0 saturated carbocycles. The second-order valence-electron chi connectivity index (χ2n) is 3.68. The standard InChI is InChI=1S/C12H14BrN3/c1-2-10(14)12-15-7-11(16-12)8-5-3-4-6-9(8)13/h3-7,10H,2,14H2,1H3,(H,15,16). The van der Waals surface area contributed by atoms with E-state index in [0.717, 1.165) is 28.0 Å². The van der Waals surface area contributed by atoms with Crippen LogP contribution in [0.2, 0.25) is 0 Å². The van der Waals surface area contributed by atoms with Gasteiger partial charge < -0.3 is 10.7 Å². The second kappa shape index (κ2) is 4.80. The van der Waals surface area contributed by atoms with Crippen LogP contribution in [0.4, 0.5) is 0 Å². The normalized spacial score (nSPS) is 12.7. The maximum absolute atomic E-state index is 5.92. The van der Waals surface area contributed by atoms with E-state index in [1.54, 1.807) is 0 Å². The van der Waals surface area contributed by atoms with Crippen molar-refractivity contribution in [2.24, 2.45) is 5.73 Å². The molecule has 0 radical (unpaired) electrons. The van der Waals surface area contributed by atoms with E-state index in [2.05, 4.69) is 25.9 Å². The molecular weight excluding hydrogens is 266 g/mol. The van der Waals surface area contributed by atoms with Gasteiger partial charge in [-0.3, -0.25) is 0 Å². The van der Waals surface area contributed by atoms with Crippen molar-refractivity contribution in [3.05, 3.63) is 40.8 Å². The zero-order chi connectivity index (χ0) is 11.5. The number of nitrogens with one attached hydrogen (secondary N) is 1. The number of H-pyrrole nitrogens is 1. The van der Waals surface area contributed by atoms with Gasteiger partial charge in [0.05, 0.1) is 17.9 Å². The van der Waals surface area contributed by atoms with Crippen LogP contribution in [0, 0.1) is 0 Å². The van der Waals surface area contributed by atoms with Gasteiger partial charge in [-0.1, -0.05) is 41.1 Å². The summed E-state index contributed by atoms with van der Waals surface area (Å²) in [4.78, 5) is 7.56. The lowest BCUT2D eigenvalue weighted by atomic mass is 10.2. The highest BCUT2D eigenvalue weighted by atomic mass is 79.9. The molecule has 3 N–H and O–H groups in total. The predicted molar refractivity (Wildman–Crippen MR) is 68.9 cm³/mol. The Bertz CT molecular complexity index is 479. The Morgan fingerprint density at radius 1 is 1.44 bits per heavy atom. The fourth-order valence-corrected chi connectivity index (χ4v) is 2.03. The molecule has 1 unspecified atom stereocenters. The van der Waals surface area contributed by atoms with Crippen molar-refractivity contribution >= 4 is 15.9 Å². The zero-order valence-corrected chi connectivity index (χ0v) is 10.7. The van der Waals surface area contributed by atoms with Gasteiger partial charge in [-0.05, 0) is 12.5 Å². The molecule has 1 aromatic heterocycles. The molecule has 1 atom stereocenters. The van der Waals surface area contributed by atoms with E-state index in [0.29, 0.717) is 0 Å². The average Bonchev–Trinajstić information content (AvgIpc) is 2.78. The van der Waals surface area contributed by atoms with Gasteiger partial charge in [0.15, 0.2) is 0 Å². The number of rotatable bonds is 3. The lowest BCUT2D eigenvalue weighted by Gasteiger charge is -2.04. The van der Waals surface area contributed by atoms with Crippen molar-refractivity contribution in [2.75, 3.05) is 0 Å². The number of hydrogen-bond donors (Lipinski definition) is 2. The van der Waals surface area contributed by atoms with E-state index in [1.807, 2.05) is 37.4 Å². The van der Waals surface area contributed by atoms with Crippen molar-refractivity contribution in [1.29, 1.82) is 0 Å². The SMILES string of the molecule is CCC(N)c1ncc(-c2ccccc2Br)[nH]1. The third-order valence-corrected chi connectivity index (χ3v) is 3.24. The summed E-state index contributed by atoms with van der Waals surface area (Å²) in [6.45, 7) is 2.05. The first kappa shape index (κ1) is 11.4. The maximum atomic E-state index is 5.92. The van der Waals surface area contributed by atoms with E-state index >= 15 is 0 Å². The number of nitrogens with zero attached hydrogens (tertiary/aromatic N) is 1. The highest BCUT2D eigenvalue weighted by molar-refractivity contribution is 9.10. The topological polar surface area (TPSA) is 54.7 Å². The van der Waals surface area contributed by atoms with E-state index < -0.39 is 0 Å². The van der Waals surface area contributed by atoms with Crippen molar-refractivity contribution < 1.29 is 0 Å². The number of hydrogen-bond acceptors (Lipinski definition) is 2. The van der Waals surface area contributed by atoms with Gasteiger partial charge in [-0.15, -0.1) is 0 Å². The van der Waals surface area contributed by atoms with Gasteiger partial charge in [0.1, 0.15) is 5.82 Å². The molecule has 0 bridgehead atoms. The Kier molecular flexibility index (Phi) is 3.41. The van der Waals surface area contributed by atoms with E-state index in [-0.39, 0.29) is 6.04 Å². The Hall–Kier alpha value is -1.13. The van der Waals surface area contributed by atoms with E-state index in [4.69, 9.17) is 5.73 Å². The highest BCUT2D eigenvalue weighted by Crippen LogP contribution is 2.27. The molecular formula is C12H14BrN3. The molecule has 84 valence electrons. The second-order valence-corrected chi connectivity index (χ2v) is 4.53. The van der Waals surface area contributed by atoms with Gasteiger partial charge in [-0.2, -0.15) is 0 Å². The lowest BCUT2D eigenvalue weighted by molar-refractivity contribution is 0.658. The third kappa shape index (κ3) is 2.18. The summed E-state index contributed by atoms with van der Waals surface area (Å²) in [5, 5.41) is 0. The van der Waals surface area contributed by atoms with Crippen molar-refractivity contribution in [3.63, 3.8) is 0 Å². The van der Waals surface area contributed by atoms with Crippen molar-refractivity contribution in [3.8, 4) is 11.3 Å². The highest BCUT2D eigenvalue weighted by Gasteiger charge is 2.10. The van der Waals surface area contributed by atoms with Crippen LogP contribution >= 0.6 is 15.9 Å². The lowest BCUT2D eigenvalue weighted by Crippen LogP contribution is -2.10. The first-order chi connectivity index (χ1) is 7.72. The van der Waals surface area contributed by atoms with Gasteiger partial charge >= 0.3 is 0 Å². The molecule has 0 aliphatic heterocycles. The van der Waals surface area contributed by atoms with Gasteiger partial charge in [0.25, 0.3) is 0 Å². The third-order valence-electron chi connectivity index (χ3n) is 2.55. The zero-order valence-electron chi connectivity index (χ0n) is 9.07. The fraction of sp³-hybridized carbons (Fsp3) is 0.250. The maximum Gasteiger partial charge on any atom is 0.123 e. The number of halogens is 1. The summed E-state index contributed by atoms with van der Waals surface area (Å²) in [7, 11) is 0. The quantitative estimate of drug-likeness (QED) is 0.906. The Morgan fingerprint density at radius 2 is 2.19 bits per heavy atom. The van der Waals surface area contributed by atoms with Crippen LogP contribution in [0.25, 0.3) is 11.3 Å². The molecule has 0 aliphatic carbocycles. The van der Waals surface area contributed by atoms with Crippen LogP contribution in [0.3, 0.4) is 0 Å². The van der Waals surface area contributed by atoms with Crippen LogP contribution in [0.1, 0.15) is 25.2 Å². The molecule has 1 heterocycles.